The molecule has 1 aromatic carbocycles. The fourth-order valence-corrected chi connectivity index (χ4v) is 5.22. The molecule has 0 spiro atoms. The number of amides is 1. The van der Waals surface area contributed by atoms with Gasteiger partial charge in [-0.2, -0.15) is 0 Å². The fraction of sp³-hybridized carbons (Fsp3) is 0.643. The third kappa shape index (κ3) is 8.44. The third-order valence-corrected chi connectivity index (χ3v) is 7.32. The number of hydrogen-bond acceptors (Lipinski definition) is 6. The smallest absolute Gasteiger partial charge is 0.244 e. The lowest BCUT2D eigenvalue weighted by molar-refractivity contribution is -0.135. The lowest BCUT2D eigenvalue weighted by Crippen LogP contribution is -2.35. The van der Waals surface area contributed by atoms with E-state index in [1.165, 1.54) is 38.5 Å². The fourth-order valence-electron chi connectivity index (χ4n) is 5.22. The van der Waals surface area contributed by atoms with Gasteiger partial charge in [-0.1, -0.05) is 75.3 Å². The summed E-state index contributed by atoms with van der Waals surface area (Å²) in [7, 11) is 0. The maximum atomic E-state index is 12.8. The number of aryl methyl sites for hydroxylation is 1. The molecule has 2 heterocycles. The van der Waals surface area contributed by atoms with E-state index < -0.39 is 0 Å². The van der Waals surface area contributed by atoms with Gasteiger partial charge in [-0.05, 0) is 24.8 Å². The third-order valence-electron chi connectivity index (χ3n) is 7.32. The van der Waals surface area contributed by atoms with Crippen LogP contribution in [-0.2, 0) is 27.5 Å². The molecule has 0 bridgehead atoms. The predicted octanol–water partition coefficient (Wildman–Crippen LogP) is 5.29. The summed E-state index contributed by atoms with van der Waals surface area (Å²) in [4.78, 5) is 25.5. The molecule has 1 amide bonds. The van der Waals surface area contributed by atoms with Crippen molar-refractivity contribution in [3.8, 4) is 0 Å². The van der Waals surface area contributed by atoms with Crippen LogP contribution >= 0.6 is 0 Å². The van der Waals surface area contributed by atoms with Crippen LogP contribution in [0.25, 0.3) is 0 Å². The van der Waals surface area contributed by atoms with E-state index in [2.05, 4.69) is 10.4 Å². The highest BCUT2D eigenvalue weighted by atomic mass is 16.6. The number of hydroxylamine groups is 1. The van der Waals surface area contributed by atoms with Crippen LogP contribution in [0.4, 0.5) is 0 Å². The first kappa shape index (κ1) is 25.9. The minimum absolute atomic E-state index is 0.0453. The second kappa shape index (κ2) is 13.8. The van der Waals surface area contributed by atoms with Gasteiger partial charge >= 0.3 is 0 Å². The Hall–Kier alpha value is -2.22. The highest BCUT2D eigenvalue weighted by molar-refractivity contribution is 5.75. The average Bonchev–Trinajstić information content (AvgIpc) is 3.25. The Balaban J connectivity index is 1.34. The van der Waals surface area contributed by atoms with Crippen LogP contribution in [0.1, 0.15) is 86.6 Å². The summed E-state index contributed by atoms with van der Waals surface area (Å²) in [5.41, 5.74) is 4.62. The number of carbonyl (C=O) groups excluding carboxylic acids is 1. The van der Waals surface area contributed by atoms with E-state index in [1.807, 2.05) is 37.3 Å². The summed E-state index contributed by atoms with van der Waals surface area (Å²) in [5.74, 6) is 2.19. The molecule has 7 heteroatoms. The van der Waals surface area contributed by atoms with Crippen molar-refractivity contribution in [2.45, 2.75) is 83.8 Å². The van der Waals surface area contributed by atoms with E-state index in [9.17, 15) is 4.79 Å². The van der Waals surface area contributed by atoms with Crippen LogP contribution in [0.5, 0.6) is 0 Å². The number of benzene rings is 1. The van der Waals surface area contributed by atoms with E-state index in [0.29, 0.717) is 18.9 Å². The average molecular weight is 484 g/mol. The molecule has 1 aliphatic carbocycles. The van der Waals surface area contributed by atoms with Crippen molar-refractivity contribution < 1.29 is 18.8 Å². The second-order valence-electron chi connectivity index (χ2n) is 10.1. The largest absolute Gasteiger partial charge is 0.445 e. The Bertz CT molecular complexity index is 889. The van der Waals surface area contributed by atoms with E-state index in [0.717, 1.165) is 68.6 Å². The Kier molecular flexibility index (Phi) is 10.2. The zero-order chi connectivity index (χ0) is 24.3. The number of hydrogen-bond donors (Lipinski definition) is 1. The lowest BCUT2D eigenvalue weighted by atomic mass is 9.84. The topological polar surface area (TPSA) is 76.8 Å². The van der Waals surface area contributed by atoms with Crippen molar-refractivity contribution in [2.24, 2.45) is 5.92 Å². The van der Waals surface area contributed by atoms with Gasteiger partial charge in [0.2, 0.25) is 5.91 Å². The van der Waals surface area contributed by atoms with Crippen molar-refractivity contribution >= 4 is 5.91 Å². The lowest BCUT2D eigenvalue weighted by Gasteiger charge is -2.25. The van der Waals surface area contributed by atoms with Gasteiger partial charge in [0.15, 0.2) is 5.89 Å². The Morgan fingerprint density at radius 3 is 2.71 bits per heavy atom. The van der Waals surface area contributed by atoms with Crippen LogP contribution in [0.3, 0.4) is 0 Å². The molecule has 1 aliphatic heterocycles. The number of rotatable bonds is 12. The highest BCUT2D eigenvalue weighted by Crippen LogP contribution is 2.32. The molecule has 1 saturated heterocycles. The van der Waals surface area contributed by atoms with Gasteiger partial charge in [0, 0.05) is 32.0 Å². The summed E-state index contributed by atoms with van der Waals surface area (Å²) < 4.78 is 11.6. The number of nitrogens with one attached hydrogen (secondary N) is 1. The molecular formula is C28H41N3O4. The Labute approximate surface area is 209 Å². The van der Waals surface area contributed by atoms with Crippen molar-refractivity contribution in [3.05, 3.63) is 53.2 Å². The van der Waals surface area contributed by atoms with Gasteiger partial charge < -0.3 is 9.15 Å². The number of aromatic nitrogens is 1. The number of carbonyl (C=O) groups is 1. The van der Waals surface area contributed by atoms with E-state index in [1.54, 1.807) is 0 Å². The first-order chi connectivity index (χ1) is 17.2. The van der Waals surface area contributed by atoms with E-state index in [4.69, 9.17) is 19.0 Å². The summed E-state index contributed by atoms with van der Waals surface area (Å²) >= 11 is 0. The normalized spacial score (nSPS) is 18.4. The van der Waals surface area contributed by atoms with E-state index in [-0.39, 0.29) is 11.8 Å². The Morgan fingerprint density at radius 2 is 1.94 bits per heavy atom. The SMILES string of the molecule is Cc1oc(C(CCCC2CCCCC2)CC(=O)NOCc2ccccc2)nc1CN1CCOCC1. The first-order valence-electron chi connectivity index (χ1n) is 13.4. The standard InChI is InChI=1S/C28H41N3O4/c1-22-26(20-31-15-17-33-18-16-31)29-28(35-22)25(14-8-13-23-9-4-2-5-10-23)19-27(32)30-34-21-24-11-6-3-7-12-24/h3,6-7,11-12,23,25H,2,4-5,8-10,13-21H2,1H3,(H,30,32). The predicted molar refractivity (Wildman–Crippen MR) is 134 cm³/mol. The van der Waals surface area contributed by atoms with Crippen molar-refractivity contribution in [1.82, 2.24) is 15.4 Å². The van der Waals surface area contributed by atoms with Crippen molar-refractivity contribution in [3.63, 3.8) is 0 Å². The molecule has 4 rings (SSSR count). The minimum Gasteiger partial charge on any atom is -0.445 e. The number of morpholine rings is 1. The quantitative estimate of drug-likeness (QED) is 0.414. The molecule has 2 aliphatic rings. The zero-order valence-corrected chi connectivity index (χ0v) is 21.2. The molecule has 35 heavy (non-hydrogen) atoms. The monoisotopic (exact) mass is 483 g/mol. The van der Waals surface area contributed by atoms with Crippen molar-refractivity contribution in [2.75, 3.05) is 26.3 Å². The molecule has 192 valence electrons. The molecular weight excluding hydrogens is 442 g/mol. The molecule has 1 N–H and O–H groups in total. The molecule has 2 aromatic rings. The van der Waals surface area contributed by atoms with Crippen LogP contribution in [-0.4, -0.2) is 42.1 Å². The molecule has 1 atom stereocenters. The van der Waals surface area contributed by atoms with Crippen LogP contribution in [0.15, 0.2) is 34.7 Å². The Morgan fingerprint density at radius 1 is 1.17 bits per heavy atom. The van der Waals surface area contributed by atoms with Crippen LogP contribution in [0.2, 0.25) is 0 Å². The van der Waals surface area contributed by atoms with E-state index >= 15 is 0 Å². The number of ether oxygens (including phenoxy) is 1. The van der Waals surface area contributed by atoms with Crippen molar-refractivity contribution in [1.29, 1.82) is 0 Å². The maximum Gasteiger partial charge on any atom is 0.244 e. The van der Waals surface area contributed by atoms with Gasteiger partial charge in [0.25, 0.3) is 0 Å². The van der Waals surface area contributed by atoms with Crippen LogP contribution in [0, 0.1) is 12.8 Å². The molecule has 1 saturated carbocycles. The molecule has 2 fully saturated rings. The van der Waals surface area contributed by atoms with Crippen LogP contribution < -0.4 is 5.48 Å². The number of nitrogens with zero attached hydrogens (tertiary/aromatic N) is 2. The summed E-state index contributed by atoms with van der Waals surface area (Å²) in [6.07, 6.45) is 10.3. The first-order valence-corrected chi connectivity index (χ1v) is 13.4. The zero-order valence-electron chi connectivity index (χ0n) is 21.2. The number of oxazole rings is 1. The summed E-state index contributed by atoms with van der Waals surface area (Å²) in [6, 6.07) is 9.84. The minimum atomic E-state index is -0.130. The van der Waals surface area contributed by atoms with Gasteiger partial charge in [0.05, 0.1) is 25.5 Å². The van der Waals surface area contributed by atoms with Gasteiger partial charge in [-0.15, -0.1) is 0 Å². The van der Waals surface area contributed by atoms with Gasteiger partial charge in [-0.3, -0.25) is 14.5 Å². The molecule has 1 aromatic heterocycles. The summed E-state index contributed by atoms with van der Waals surface area (Å²) in [5, 5.41) is 0. The molecule has 7 nitrogen and oxygen atoms in total. The maximum absolute atomic E-state index is 12.8. The molecule has 0 radical (unpaired) electrons. The van der Waals surface area contributed by atoms with Gasteiger partial charge in [0.1, 0.15) is 5.76 Å². The molecule has 1 unspecified atom stereocenters. The highest BCUT2D eigenvalue weighted by Gasteiger charge is 2.25. The second-order valence-corrected chi connectivity index (χ2v) is 10.1. The summed E-state index contributed by atoms with van der Waals surface area (Å²) in [6.45, 7) is 6.43. The van der Waals surface area contributed by atoms with Gasteiger partial charge in [-0.25, -0.2) is 10.5 Å².